The van der Waals surface area contributed by atoms with Gasteiger partial charge in [0, 0.05) is 21.7 Å². The Balaban J connectivity index is 2.21. The van der Waals surface area contributed by atoms with E-state index < -0.39 is 16.8 Å². The third-order valence-electron chi connectivity index (χ3n) is 14.9. The molecule has 0 spiro atoms. The molecule has 0 aliphatic carbocycles. The first-order valence-corrected chi connectivity index (χ1v) is 29.3. The SMILES string of the molecule is CC(C)(C)c1ccc(-c2c(-c3ccc(P(O)O)cc3)c(-c3ccc(C(C)(C)C)cc3C(C)(C)C)c(-c3ccc(C(C)(C)C)cc3C(C)(C)C)c(P(O)O)c2-c2ccc(C(C)(C)C)cc2C(C)(C)C)c(C(C)(C)C)c1. The van der Waals surface area contributed by atoms with Crippen LogP contribution in [0.25, 0.3) is 55.6 Å². The Bertz CT molecular complexity index is 2860. The minimum atomic E-state index is -2.84. The zero-order valence-electron chi connectivity index (χ0n) is 49.9. The average Bonchev–Trinajstić information content (AvgIpc) is 3.24. The summed E-state index contributed by atoms with van der Waals surface area (Å²) >= 11 is 0. The highest BCUT2D eigenvalue weighted by molar-refractivity contribution is 7.55. The van der Waals surface area contributed by atoms with Crippen molar-refractivity contribution in [3.63, 3.8) is 0 Å². The normalized spacial score (nSPS) is 13.6. The fourth-order valence-electron chi connectivity index (χ4n) is 10.4. The molecule has 0 bridgehead atoms. The quantitative estimate of drug-likeness (QED) is 0.120. The predicted molar refractivity (Wildman–Crippen MR) is 325 cm³/mol. The van der Waals surface area contributed by atoms with Gasteiger partial charge in [0.15, 0.2) is 8.38 Å². The molecule has 0 heterocycles. The lowest BCUT2D eigenvalue weighted by Crippen LogP contribution is -2.24. The second-order valence-electron chi connectivity index (χ2n) is 29.4. The van der Waals surface area contributed by atoms with Crippen molar-refractivity contribution in [2.45, 2.75) is 209 Å². The first kappa shape index (κ1) is 59.3. The number of hydrogen-bond donors (Lipinski definition) is 4. The molecule has 0 saturated carbocycles. The molecule has 0 aromatic heterocycles. The van der Waals surface area contributed by atoms with E-state index in [1.807, 2.05) is 12.1 Å². The zero-order chi connectivity index (χ0) is 56.0. The van der Waals surface area contributed by atoms with Crippen LogP contribution in [0.5, 0.6) is 0 Å². The third-order valence-corrected chi connectivity index (χ3v) is 16.5. The molecule has 0 fully saturated rings. The van der Waals surface area contributed by atoms with Gasteiger partial charge in [0.25, 0.3) is 0 Å². The van der Waals surface area contributed by atoms with Crippen LogP contribution in [0, 0.1) is 0 Å². The van der Waals surface area contributed by atoms with Gasteiger partial charge in [0.1, 0.15) is 0 Å². The number of benzene rings is 6. The molecule has 0 atom stereocenters. The molecular formula is C68H92O4P2. The van der Waals surface area contributed by atoms with Crippen LogP contribution in [0.1, 0.15) is 211 Å². The Hall–Kier alpha value is -3.98. The van der Waals surface area contributed by atoms with Gasteiger partial charge in [0.05, 0.1) is 0 Å². The van der Waals surface area contributed by atoms with E-state index >= 15 is 0 Å². The van der Waals surface area contributed by atoms with E-state index in [1.165, 1.54) is 22.3 Å². The van der Waals surface area contributed by atoms with Crippen LogP contribution in [-0.2, 0) is 43.3 Å². The maximum absolute atomic E-state index is 13.0. The lowest BCUT2D eigenvalue weighted by Gasteiger charge is -2.36. The largest absolute Gasteiger partial charge is 0.347 e. The second-order valence-corrected chi connectivity index (χ2v) is 31.5. The van der Waals surface area contributed by atoms with Crippen molar-refractivity contribution in [1.82, 2.24) is 0 Å². The molecule has 6 aromatic carbocycles. The summed E-state index contributed by atoms with van der Waals surface area (Å²) in [6.07, 6.45) is 0. The van der Waals surface area contributed by atoms with Crippen molar-refractivity contribution < 1.29 is 19.6 Å². The van der Waals surface area contributed by atoms with Gasteiger partial charge in [-0.25, -0.2) is 0 Å². The molecule has 6 aromatic rings. The van der Waals surface area contributed by atoms with Gasteiger partial charge >= 0.3 is 0 Å². The summed E-state index contributed by atoms with van der Waals surface area (Å²) in [5, 5.41) is 0.968. The van der Waals surface area contributed by atoms with Crippen LogP contribution in [0.15, 0.2) is 97.1 Å². The van der Waals surface area contributed by atoms with Gasteiger partial charge in [-0.2, -0.15) is 0 Å². The first-order chi connectivity index (χ1) is 33.5. The summed E-state index contributed by atoms with van der Waals surface area (Å²) in [5.41, 5.74) is 16.4. The maximum Gasteiger partial charge on any atom is 0.200 e. The standard InChI is InChI=1S/C68H92O4P2/c1-61(2,3)42-27-33-47(51(37-42)65(13,14)15)56-55(41-25-31-46(32-26-41)73(69)70)57(48-34-28-43(62(4,5)6)38-52(48)66(16,17)18)59(50-36-30-45(64(10,11)12)40-54(50)68(22,23)24)60(74(71)72)58(56)49-35-29-44(63(7,8)9)39-53(49)67(19,20)21/h25-40,69-72H,1-24H3. The molecule has 0 unspecified atom stereocenters. The summed E-state index contributed by atoms with van der Waals surface area (Å²) in [6, 6.07) is 35.5. The summed E-state index contributed by atoms with van der Waals surface area (Å²) in [6.45, 7) is 54.4. The van der Waals surface area contributed by atoms with Gasteiger partial charge in [-0.1, -0.05) is 251 Å². The van der Waals surface area contributed by atoms with E-state index in [-0.39, 0.29) is 43.3 Å². The Morgan fingerprint density at radius 1 is 0.257 bits per heavy atom. The molecule has 6 rings (SSSR count). The lowest BCUT2D eigenvalue weighted by atomic mass is 9.69. The monoisotopic (exact) mass is 1030 g/mol. The average molecular weight is 1040 g/mol. The van der Waals surface area contributed by atoms with Gasteiger partial charge in [-0.05, 0) is 144 Å². The summed E-state index contributed by atoms with van der Waals surface area (Å²) < 4.78 is 0. The third kappa shape index (κ3) is 12.2. The molecule has 74 heavy (non-hydrogen) atoms. The van der Waals surface area contributed by atoms with E-state index in [2.05, 4.69) is 251 Å². The molecular weight excluding hydrogens is 943 g/mol. The van der Waals surface area contributed by atoms with Gasteiger partial charge in [0.2, 0.25) is 8.38 Å². The Morgan fingerprint density at radius 3 is 0.703 bits per heavy atom. The van der Waals surface area contributed by atoms with Crippen LogP contribution in [0.2, 0.25) is 0 Å². The van der Waals surface area contributed by atoms with Crippen LogP contribution >= 0.6 is 16.8 Å². The van der Waals surface area contributed by atoms with Crippen molar-refractivity contribution in [3.8, 4) is 55.6 Å². The smallest absolute Gasteiger partial charge is 0.200 e. The number of hydrogen-bond acceptors (Lipinski definition) is 4. The zero-order valence-corrected chi connectivity index (χ0v) is 51.7. The Labute approximate surface area is 451 Å². The topological polar surface area (TPSA) is 80.9 Å². The Morgan fingerprint density at radius 2 is 0.500 bits per heavy atom. The predicted octanol–water partition coefficient (Wildman–Crippen LogP) is 18.2. The van der Waals surface area contributed by atoms with Crippen molar-refractivity contribution >= 4 is 27.4 Å². The Kier molecular flexibility index (Phi) is 16.1. The summed E-state index contributed by atoms with van der Waals surface area (Å²) in [4.78, 5) is 47.4. The fraction of sp³-hybridized carbons (Fsp3) is 0.471. The van der Waals surface area contributed by atoms with Crippen molar-refractivity contribution in [1.29, 1.82) is 0 Å². The van der Waals surface area contributed by atoms with Crippen LogP contribution < -0.4 is 10.6 Å². The van der Waals surface area contributed by atoms with E-state index in [0.29, 0.717) is 10.6 Å². The highest BCUT2D eigenvalue weighted by Gasteiger charge is 2.39. The van der Waals surface area contributed by atoms with Crippen LogP contribution in [-0.4, -0.2) is 19.6 Å². The first-order valence-electron chi connectivity index (χ1n) is 26.8. The van der Waals surface area contributed by atoms with Gasteiger partial charge in [-0.3, -0.25) is 0 Å². The highest BCUT2D eigenvalue weighted by atomic mass is 31.2. The molecule has 398 valence electrons. The van der Waals surface area contributed by atoms with E-state index in [1.54, 1.807) is 0 Å². The van der Waals surface area contributed by atoms with E-state index in [9.17, 15) is 19.6 Å². The summed E-state index contributed by atoms with van der Waals surface area (Å²) in [5.74, 6) is 0. The van der Waals surface area contributed by atoms with Gasteiger partial charge in [-0.15, -0.1) is 0 Å². The lowest BCUT2D eigenvalue weighted by molar-refractivity contribution is 0.495. The second kappa shape index (κ2) is 20.1. The maximum atomic E-state index is 13.0. The van der Waals surface area contributed by atoms with E-state index in [4.69, 9.17) is 0 Å². The molecule has 6 heteroatoms. The minimum absolute atomic E-state index is 0.154. The molecule has 0 amide bonds. The molecule has 4 N–H and O–H groups in total. The molecule has 4 nitrogen and oxygen atoms in total. The summed E-state index contributed by atoms with van der Waals surface area (Å²) in [7, 11) is -5.21. The molecule has 0 radical (unpaired) electrons. The molecule has 0 aliphatic rings. The highest BCUT2D eigenvalue weighted by Crippen LogP contribution is 2.58. The molecule has 0 aliphatic heterocycles. The van der Waals surface area contributed by atoms with Crippen molar-refractivity contribution in [2.75, 3.05) is 0 Å². The van der Waals surface area contributed by atoms with E-state index in [0.717, 1.165) is 77.9 Å². The number of rotatable bonds is 7. The van der Waals surface area contributed by atoms with Crippen LogP contribution in [0.4, 0.5) is 0 Å². The fourth-order valence-corrected chi connectivity index (χ4v) is 11.7. The molecule has 0 saturated heterocycles. The minimum Gasteiger partial charge on any atom is -0.347 e. The van der Waals surface area contributed by atoms with Crippen molar-refractivity contribution in [3.05, 3.63) is 142 Å². The van der Waals surface area contributed by atoms with Gasteiger partial charge < -0.3 is 19.6 Å². The van der Waals surface area contributed by atoms with Crippen LogP contribution in [0.3, 0.4) is 0 Å². The van der Waals surface area contributed by atoms with Crippen molar-refractivity contribution in [2.24, 2.45) is 0 Å².